The Morgan fingerprint density at radius 3 is 2.52 bits per heavy atom. The highest BCUT2D eigenvalue weighted by Crippen LogP contribution is 2.32. The summed E-state index contributed by atoms with van der Waals surface area (Å²) >= 11 is 7.36. The first-order valence-electron chi connectivity index (χ1n) is 7.07. The van der Waals surface area contributed by atoms with E-state index >= 15 is 0 Å². The van der Waals surface area contributed by atoms with Gasteiger partial charge in [-0.3, -0.25) is 4.79 Å². The highest BCUT2D eigenvalue weighted by Gasteiger charge is 2.26. The van der Waals surface area contributed by atoms with Crippen LogP contribution in [0.4, 0.5) is 0 Å². The predicted molar refractivity (Wildman–Crippen MR) is 91.0 cm³/mol. The molecule has 2 N–H and O–H groups in total. The summed E-state index contributed by atoms with van der Waals surface area (Å²) in [6, 6.07) is 6.31. The van der Waals surface area contributed by atoms with Gasteiger partial charge in [0.1, 0.15) is 15.9 Å². The van der Waals surface area contributed by atoms with Crippen LogP contribution in [-0.4, -0.2) is 28.0 Å². The van der Waals surface area contributed by atoms with Crippen molar-refractivity contribution in [3.05, 3.63) is 39.9 Å². The number of nitrogens with zero attached hydrogens (tertiary/aromatic N) is 1. The minimum absolute atomic E-state index is 0.215. The van der Waals surface area contributed by atoms with Crippen LogP contribution in [0.25, 0.3) is 10.6 Å². The minimum Gasteiger partial charge on any atom is -0.480 e. The molecule has 0 saturated heterocycles. The largest absolute Gasteiger partial charge is 0.480 e. The van der Waals surface area contributed by atoms with Gasteiger partial charge in [0, 0.05) is 5.56 Å². The van der Waals surface area contributed by atoms with Crippen LogP contribution in [0.5, 0.6) is 0 Å². The standard InChI is InChI=1S/C16H17ClN2O3S/c1-8(2)12(16(21)22)19-14(20)13-9(3)18-15(23-13)10-6-4-5-7-11(10)17/h4-8,12H,1-3H3,(H,19,20)(H,21,22). The Hall–Kier alpha value is -1.92. The Kier molecular flexibility index (Phi) is 5.38. The summed E-state index contributed by atoms with van der Waals surface area (Å²) in [5, 5.41) is 12.9. The maximum Gasteiger partial charge on any atom is 0.326 e. The maximum atomic E-state index is 12.4. The van der Waals surface area contributed by atoms with E-state index in [0.717, 1.165) is 5.56 Å². The monoisotopic (exact) mass is 352 g/mol. The molecular formula is C16H17ClN2O3S. The van der Waals surface area contributed by atoms with E-state index in [4.69, 9.17) is 11.6 Å². The second kappa shape index (κ2) is 7.10. The fourth-order valence-electron chi connectivity index (χ4n) is 2.08. The Labute approximate surface area is 143 Å². The number of aliphatic carboxylic acids is 1. The quantitative estimate of drug-likeness (QED) is 0.861. The molecule has 1 aromatic carbocycles. The molecule has 1 atom stereocenters. The third-order valence-electron chi connectivity index (χ3n) is 3.33. The highest BCUT2D eigenvalue weighted by molar-refractivity contribution is 7.17. The second-order valence-electron chi connectivity index (χ2n) is 5.45. The SMILES string of the molecule is Cc1nc(-c2ccccc2Cl)sc1C(=O)NC(C(=O)O)C(C)C. The normalized spacial score (nSPS) is 12.2. The number of aryl methyl sites for hydroxylation is 1. The molecule has 0 fully saturated rings. The first-order valence-corrected chi connectivity index (χ1v) is 8.26. The van der Waals surface area contributed by atoms with Crippen molar-refractivity contribution in [1.29, 1.82) is 0 Å². The van der Waals surface area contributed by atoms with Crippen molar-refractivity contribution >= 4 is 34.8 Å². The molecular weight excluding hydrogens is 336 g/mol. The van der Waals surface area contributed by atoms with Crippen LogP contribution in [0, 0.1) is 12.8 Å². The average Bonchev–Trinajstić information content (AvgIpc) is 2.86. The smallest absolute Gasteiger partial charge is 0.326 e. The van der Waals surface area contributed by atoms with Gasteiger partial charge in [-0.1, -0.05) is 43.6 Å². The fourth-order valence-corrected chi connectivity index (χ4v) is 3.37. The molecule has 0 radical (unpaired) electrons. The van der Waals surface area contributed by atoms with Crippen LogP contribution in [0.2, 0.25) is 5.02 Å². The Morgan fingerprint density at radius 1 is 1.30 bits per heavy atom. The minimum atomic E-state index is -1.05. The lowest BCUT2D eigenvalue weighted by molar-refractivity contribution is -0.140. The van der Waals surface area contributed by atoms with Gasteiger partial charge in [-0.05, 0) is 18.9 Å². The van der Waals surface area contributed by atoms with Crippen molar-refractivity contribution in [2.24, 2.45) is 5.92 Å². The second-order valence-corrected chi connectivity index (χ2v) is 6.85. The van der Waals surface area contributed by atoms with Gasteiger partial charge in [0.05, 0.1) is 10.7 Å². The van der Waals surface area contributed by atoms with Gasteiger partial charge in [0.25, 0.3) is 5.91 Å². The van der Waals surface area contributed by atoms with Crippen LogP contribution in [-0.2, 0) is 4.79 Å². The van der Waals surface area contributed by atoms with E-state index in [-0.39, 0.29) is 5.92 Å². The van der Waals surface area contributed by atoms with E-state index < -0.39 is 17.9 Å². The van der Waals surface area contributed by atoms with Gasteiger partial charge in [-0.25, -0.2) is 9.78 Å². The lowest BCUT2D eigenvalue weighted by Gasteiger charge is -2.17. The van der Waals surface area contributed by atoms with Gasteiger partial charge in [0.15, 0.2) is 0 Å². The van der Waals surface area contributed by atoms with Gasteiger partial charge in [-0.15, -0.1) is 11.3 Å². The Balaban J connectivity index is 2.29. The predicted octanol–water partition coefficient (Wildman–Crippen LogP) is 3.61. The lowest BCUT2D eigenvalue weighted by atomic mass is 10.0. The molecule has 1 aromatic heterocycles. The summed E-state index contributed by atoms with van der Waals surface area (Å²) in [5.74, 6) is -1.70. The molecule has 23 heavy (non-hydrogen) atoms. The summed E-state index contributed by atoms with van der Waals surface area (Å²) in [4.78, 5) is 28.4. The molecule has 0 aliphatic heterocycles. The van der Waals surface area contributed by atoms with Gasteiger partial charge in [-0.2, -0.15) is 0 Å². The number of carboxylic acid groups (broad SMARTS) is 1. The number of halogens is 1. The first-order chi connectivity index (χ1) is 10.8. The zero-order chi connectivity index (χ0) is 17.1. The molecule has 0 bridgehead atoms. The highest BCUT2D eigenvalue weighted by atomic mass is 35.5. The summed E-state index contributed by atoms with van der Waals surface area (Å²) in [5.41, 5.74) is 1.30. The lowest BCUT2D eigenvalue weighted by Crippen LogP contribution is -2.44. The number of carbonyl (C=O) groups excluding carboxylic acids is 1. The topological polar surface area (TPSA) is 79.3 Å². The number of hydrogen-bond acceptors (Lipinski definition) is 4. The molecule has 0 aliphatic carbocycles. The first kappa shape index (κ1) is 17.4. The Morgan fingerprint density at radius 2 is 1.96 bits per heavy atom. The van der Waals surface area contributed by atoms with E-state index in [2.05, 4.69) is 10.3 Å². The average molecular weight is 353 g/mol. The van der Waals surface area contributed by atoms with Crippen molar-refractivity contribution in [2.75, 3.05) is 0 Å². The number of carbonyl (C=O) groups is 2. The maximum absolute atomic E-state index is 12.4. The zero-order valence-electron chi connectivity index (χ0n) is 13.0. The number of carboxylic acids is 1. The van der Waals surface area contributed by atoms with Gasteiger partial charge >= 0.3 is 5.97 Å². The molecule has 1 amide bonds. The number of amides is 1. The third-order valence-corrected chi connectivity index (χ3v) is 4.85. The van der Waals surface area contributed by atoms with E-state index in [0.29, 0.717) is 20.6 Å². The van der Waals surface area contributed by atoms with Crippen LogP contribution in [0.15, 0.2) is 24.3 Å². The number of hydrogen-bond donors (Lipinski definition) is 2. The van der Waals surface area contributed by atoms with Gasteiger partial charge < -0.3 is 10.4 Å². The molecule has 5 nitrogen and oxygen atoms in total. The molecule has 0 saturated carbocycles. The summed E-state index contributed by atoms with van der Waals surface area (Å²) in [7, 11) is 0. The number of thiazole rings is 1. The summed E-state index contributed by atoms with van der Waals surface area (Å²) in [6.07, 6.45) is 0. The molecule has 1 unspecified atom stereocenters. The Bertz CT molecular complexity index is 743. The zero-order valence-corrected chi connectivity index (χ0v) is 14.5. The molecule has 2 aromatic rings. The number of aromatic nitrogens is 1. The molecule has 122 valence electrons. The van der Waals surface area contributed by atoms with Crippen LogP contribution >= 0.6 is 22.9 Å². The molecule has 0 spiro atoms. The van der Waals surface area contributed by atoms with Crippen molar-refractivity contribution < 1.29 is 14.7 Å². The molecule has 2 rings (SSSR count). The van der Waals surface area contributed by atoms with Crippen molar-refractivity contribution in [2.45, 2.75) is 26.8 Å². The van der Waals surface area contributed by atoms with Crippen LogP contribution < -0.4 is 5.32 Å². The molecule has 7 heteroatoms. The molecule has 0 aliphatic rings. The summed E-state index contributed by atoms with van der Waals surface area (Å²) < 4.78 is 0. The van der Waals surface area contributed by atoms with E-state index in [1.165, 1.54) is 11.3 Å². The summed E-state index contributed by atoms with van der Waals surface area (Å²) in [6.45, 7) is 5.21. The van der Waals surface area contributed by atoms with Crippen LogP contribution in [0.1, 0.15) is 29.2 Å². The third kappa shape index (κ3) is 3.89. The van der Waals surface area contributed by atoms with E-state index in [1.807, 2.05) is 18.2 Å². The van der Waals surface area contributed by atoms with Gasteiger partial charge in [0.2, 0.25) is 0 Å². The van der Waals surface area contributed by atoms with E-state index in [9.17, 15) is 14.7 Å². The fraction of sp³-hybridized carbons (Fsp3) is 0.312. The van der Waals surface area contributed by atoms with Crippen molar-refractivity contribution in [3.8, 4) is 10.6 Å². The number of nitrogens with one attached hydrogen (secondary N) is 1. The van der Waals surface area contributed by atoms with Crippen LogP contribution in [0.3, 0.4) is 0 Å². The number of rotatable bonds is 5. The number of benzene rings is 1. The van der Waals surface area contributed by atoms with Crippen molar-refractivity contribution in [1.82, 2.24) is 10.3 Å². The van der Waals surface area contributed by atoms with Crippen molar-refractivity contribution in [3.63, 3.8) is 0 Å². The molecule has 1 heterocycles. The van der Waals surface area contributed by atoms with E-state index in [1.54, 1.807) is 26.8 Å².